The topological polar surface area (TPSA) is 63.8 Å². The highest BCUT2D eigenvalue weighted by Crippen LogP contribution is 2.37. The molecule has 4 nitrogen and oxygen atoms in total. The maximum Gasteiger partial charge on any atom is 0.129 e. The van der Waals surface area contributed by atoms with Crippen molar-refractivity contribution in [3.05, 3.63) is 17.6 Å². The van der Waals surface area contributed by atoms with Crippen LogP contribution in [0.2, 0.25) is 0 Å². The molecule has 1 fully saturated rings. The summed E-state index contributed by atoms with van der Waals surface area (Å²) in [6.07, 6.45) is 5.08. The number of nitrogens with two attached hydrogens (primary N) is 1. The van der Waals surface area contributed by atoms with E-state index in [0.717, 1.165) is 30.4 Å². The average Bonchev–Trinajstić information content (AvgIpc) is 2.74. The Kier molecular flexibility index (Phi) is 3.62. The number of nitrogens with zero attached hydrogens (tertiary/aromatic N) is 2. The summed E-state index contributed by atoms with van der Waals surface area (Å²) in [7, 11) is 0. The van der Waals surface area contributed by atoms with Crippen LogP contribution in [0.15, 0.2) is 6.07 Å². The van der Waals surface area contributed by atoms with Gasteiger partial charge >= 0.3 is 0 Å². The van der Waals surface area contributed by atoms with Crippen LogP contribution in [0, 0.1) is 19.3 Å². The SMILES string of the molecule is Cc1cc(NCC2(CN)CCCC2)nc(C)n1. The molecule has 0 aliphatic heterocycles. The van der Waals surface area contributed by atoms with Gasteiger partial charge in [-0.1, -0.05) is 12.8 Å². The first kappa shape index (κ1) is 12.3. The predicted molar refractivity (Wildman–Crippen MR) is 70.0 cm³/mol. The van der Waals surface area contributed by atoms with Gasteiger partial charge < -0.3 is 11.1 Å². The summed E-state index contributed by atoms with van der Waals surface area (Å²) in [5, 5.41) is 3.43. The van der Waals surface area contributed by atoms with Crippen molar-refractivity contribution in [3.8, 4) is 0 Å². The maximum atomic E-state index is 5.92. The monoisotopic (exact) mass is 234 g/mol. The van der Waals surface area contributed by atoms with Gasteiger partial charge in [-0.2, -0.15) is 0 Å². The summed E-state index contributed by atoms with van der Waals surface area (Å²) >= 11 is 0. The second kappa shape index (κ2) is 5.00. The van der Waals surface area contributed by atoms with E-state index in [1.807, 2.05) is 19.9 Å². The first-order valence-electron chi connectivity index (χ1n) is 6.40. The number of hydrogen-bond donors (Lipinski definition) is 2. The van der Waals surface area contributed by atoms with E-state index in [1.165, 1.54) is 25.7 Å². The highest BCUT2D eigenvalue weighted by Gasteiger charge is 2.32. The molecule has 0 aromatic carbocycles. The minimum absolute atomic E-state index is 0.284. The van der Waals surface area contributed by atoms with Crippen LogP contribution in [0.5, 0.6) is 0 Å². The Labute approximate surface area is 103 Å². The normalized spacial score (nSPS) is 18.3. The number of aryl methyl sites for hydroxylation is 2. The highest BCUT2D eigenvalue weighted by atomic mass is 15.0. The predicted octanol–water partition coefficient (Wildman–Crippen LogP) is 2.02. The number of nitrogens with one attached hydrogen (secondary N) is 1. The molecule has 3 N–H and O–H groups in total. The molecule has 0 amide bonds. The number of hydrogen-bond acceptors (Lipinski definition) is 4. The van der Waals surface area contributed by atoms with E-state index >= 15 is 0 Å². The summed E-state index contributed by atoms with van der Waals surface area (Å²) in [6, 6.07) is 1.99. The van der Waals surface area contributed by atoms with Crippen molar-refractivity contribution in [2.75, 3.05) is 18.4 Å². The van der Waals surface area contributed by atoms with Gasteiger partial charge in [-0.25, -0.2) is 9.97 Å². The number of anilines is 1. The molecule has 1 aliphatic carbocycles. The third kappa shape index (κ3) is 2.94. The van der Waals surface area contributed by atoms with Gasteiger partial charge in [-0.3, -0.25) is 0 Å². The van der Waals surface area contributed by atoms with Gasteiger partial charge in [0.1, 0.15) is 11.6 Å². The van der Waals surface area contributed by atoms with Crippen molar-refractivity contribution in [2.45, 2.75) is 39.5 Å². The summed E-state index contributed by atoms with van der Waals surface area (Å²) in [4.78, 5) is 8.67. The van der Waals surface area contributed by atoms with Gasteiger partial charge in [-0.15, -0.1) is 0 Å². The Morgan fingerprint density at radius 1 is 1.29 bits per heavy atom. The van der Waals surface area contributed by atoms with Crippen LogP contribution in [-0.2, 0) is 0 Å². The molecule has 0 unspecified atom stereocenters. The van der Waals surface area contributed by atoms with E-state index in [0.29, 0.717) is 0 Å². The van der Waals surface area contributed by atoms with Gasteiger partial charge in [0, 0.05) is 18.3 Å². The molecular weight excluding hydrogens is 212 g/mol. The van der Waals surface area contributed by atoms with Crippen molar-refractivity contribution in [2.24, 2.45) is 11.1 Å². The van der Waals surface area contributed by atoms with Gasteiger partial charge in [0.15, 0.2) is 0 Å². The summed E-state index contributed by atoms with van der Waals surface area (Å²) in [5.41, 5.74) is 7.21. The second-order valence-electron chi connectivity index (χ2n) is 5.21. The lowest BCUT2D eigenvalue weighted by atomic mass is 9.86. The van der Waals surface area contributed by atoms with E-state index in [-0.39, 0.29) is 5.41 Å². The molecule has 1 saturated carbocycles. The summed E-state index contributed by atoms with van der Waals surface area (Å²) in [6.45, 7) is 5.61. The van der Waals surface area contributed by atoms with Gasteiger partial charge in [0.05, 0.1) is 0 Å². The molecule has 0 radical (unpaired) electrons. The van der Waals surface area contributed by atoms with Crippen LogP contribution < -0.4 is 11.1 Å². The fraction of sp³-hybridized carbons (Fsp3) is 0.692. The van der Waals surface area contributed by atoms with Crippen LogP contribution in [0.3, 0.4) is 0 Å². The Hall–Kier alpha value is -1.16. The molecule has 2 rings (SSSR count). The Balaban J connectivity index is 2.01. The number of rotatable bonds is 4. The van der Waals surface area contributed by atoms with E-state index in [2.05, 4.69) is 15.3 Å². The van der Waals surface area contributed by atoms with Crippen molar-refractivity contribution in [3.63, 3.8) is 0 Å². The van der Waals surface area contributed by atoms with Crippen molar-refractivity contribution < 1.29 is 0 Å². The zero-order chi connectivity index (χ0) is 12.3. The Morgan fingerprint density at radius 2 is 2.00 bits per heavy atom. The van der Waals surface area contributed by atoms with Crippen LogP contribution in [0.25, 0.3) is 0 Å². The average molecular weight is 234 g/mol. The Morgan fingerprint density at radius 3 is 2.59 bits per heavy atom. The van der Waals surface area contributed by atoms with Crippen LogP contribution in [0.4, 0.5) is 5.82 Å². The molecule has 17 heavy (non-hydrogen) atoms. The molecule has 0 atom stereocenters. The minimum Gasteiger partial charge on any atom is -0.369 e. The van der Waals surface area contributed by atoms with Crippen molar-refractivity contribution >= 4 is 5.82 Å². The molecule has 0 saturated heterocycles. The van der Waals surface area contributed by atoms with Crippen molar-refractivity contribution in [1.82, 2.24) is 9.97 Å². The smallest absolute Gasteiger partial charge is 0.129 e. The van der Waals surface area contributed by atoms with E-state index < -0.39 is 0 Å². The molecule has 0 spiro atoms. The van der Waals surface area contributed by atoms with Crippen LogP contribution >= 0.6 is 0 Å². The first-order chi connectivity index (χ1) is 8.13. The zero-order valence-corrected chi connectivity index (χ0v) is 10.8. The van der Waals surface area contributed by atoms with Gasteiger partial charge in [0.2, 0.25) is 0 Å². The molecule has 4 heteroatoms. The lowest BCUT2D eigenvalue weighted by molar-refractivity contribution is 0.332. The fourth-order valence-corrected chi connectivity index (χ4v) is 2.66. The molecule has 1 aromatic rings. The van der Waals surface area contributed by atoms with Gasteiger partial charge in [-0.05, 0) is 38.6 Å². The molecule has 1 aromatic heterocycles. The third-order valence-electron chi connectivity index (χ3n) is 3.71. The molecule has 1 aliphatic rings. The second-order valence-corrected chi connectivity index (χ2v) is 5.21. The molecule has 94 valence electrons. The third-order valence-corrected chi connectivity index (χ3v) is 3.71. The van der Waals surface area contributed by atoms with E-state index in [4.69, 9.17) is 5.73 Å². The zero-order valence-electron chi connectivity index (χ0n) is 10.8. The van der Waals surface area contributed by atoms with Crippen LogP contribution in [-0.4, -0.2) is 23.1 Å². The Bertz CT molecular complexity index is 363. The quantitative estimate of drug-likeness (QED) is 0.836. The fourth-order valence-electron chi connectivity index (χ4n) is 2.66. The van der Waals surface area contributed by atoms with E-state index in [1.54, 1.807) is 0 Å². The van der Waals surface area contributed by atoms with Crippen LogP contribution in [0.1, 0.15) is 37.2 Å². The lowest BCUT2D eigenvalue weighted by Gasteiger charge is -2.27. The minimum atomic E-state index is 0.284. The number of aromatic nitrogens is 2. The molecule has 1 heterocycles. The summed E-state index contributed by atoms with van der Waals surface area (Å²) < 4.78 is 0. The molecular formula is C13H22N4. The summed E-state index contributed by atoms with van der Waals surface area (Å²) in [5.74, 6) is 1.75. The lowest BCUT2D eigenvalue weighted by Crippen LogP contribution is -2.34. The largest absolute Gasteiger partial charge is 0.369 e. The van der Waals surface area contributed by atoms with Crippen molar-refractivity contribution in [1.29, 1.82) is 0 Å². The standard InChI is InChI=1S/C13H22N4/c1-10-7-12(17-11(2)16-10)15-9-13(8-14)5-3-4-6-13/h7H,3-6,8-9,14H2,1-2H3,(H,15,16,17). The molecule has 0 bridgehead atoms. The van der Waals surface area contributed by atoms with Gasteiger partial charge in [0.25, 0.3) is 0 Å². The highest BCUT2D eigenvalue weighted by molar-refractivity contribution is 5.36. The maximum absolute atomic E-state index is 5.92. The van der Waals surface area contributed by atoms with E-state index in [9.17, 15) is 0 Å². The first-order valence-corrected chi connectivity index (χ1v) is 6.40.